The van der Waals surface area contributed by atoms with Crippen molar-refractivity contribution < 1.29 is 19.0 Å². The normalized spacial score (nSPS) is 22.0. The molecule has 0 spiro atoms. The van der Waals surface area contributed by atoms with Gasteiger partial charge in [-0.05, 0) is 52.8 Å². The van der Waals surface area contributed by atoms with Gasteiger partial charge in [-0.25, -0.2) is 9.02 Å². The summed E-state index contributed by atoms with van der Waals surface area (Å²) in [5, 5.41) is 20.6. The van der Waals surface area contributed by atoms with Crippen molar-refractivity contribution in [3.8, 4) is 0 Å². The van der Waals surface area contributed by atoms with Crippen molar-refractivity contribution >= 4 is 23.5 Å². The van der Waals surface area contributed by atoms with Crippen molar-refractivity contribution in [2.24, 2.45) is 4.99 Å². The molecule has 1 aromatic carbocycles. The van der Waals surface area contributed by atoms with E-state index >= 15 is 0 Å². The Balaban J connectivity index is 1.47. The molecule has 2 aromatic rings. The number of hydroxylamine groups is 1. The second-order valence-corrected chi connectivity index (χ2v) is 7.55. The summed E-state index contributed by atoms with van der Waals surface area (Å²) in [7, 11) is 0. The van der Waals surface area contributed by atoms with Crippen LogP contribution in [0.5, 0.6) is 0 Å². The fraction of sp³-hybridized carbons (Fsp3) is 0.412. The number of nitrogens with zero attached hydrogens (tertiary/aromatic N) is 3. The molecule has 0 radical (unpaired) electrons. The van der Waals surface area contributed by atoms with Crippen LogP contribution in [0.25, 0.3) is 0 Å². The summed E-state index contributed by atoms with van der Waals surface area (Å²) in [5.74, 6) is 0.469. The lowest BCUT2D eigenvalue weighted by molar-refractivity contribution is -0.123. The zero-order chi connectivity index (χ0) is 18.8. The minimum atomic E-state index is -0.318. The summed E-state index contributed by atoms with van der Waals surface area (Å²) in [6.45, 7) is 0. The topological polar surface area (TPSA) is 113 Å². The van der Waals surface area contributed by atoms with Crippen molar-refractivity contribution in [3.63, 3.8) is 0 Å². The average molecular weight is 391 g/mol. The van der Waals surface area contributed by atoms with Gasteiger partial charge in [-0.15, -0.1) is 0 Å². The number of aliphatic imine (C=N–C) groups is 1. The van der Waals surface area contributed by atoms with E-state index in [0.29, 0.717) is 23.6 Å². The molecule has 0 saturated carbocycles. The highest BCUT2D eigenvalue weighted by Crippen LogP contribution is 2.37. The van der Waals surface area contributed by atoms with Gasteiger partial charge in [0.05, 0.1) is 6.04 Å². The maximum absolute atomic E-state index is 13.4. The highest BCUT2D eigenvalue weighted by atomic mass is 32.2. The second-order valence-electron chi connectivity index (χ2n) is 6.54. The molecule has 2 atom stereocenters. The van der Waals surface area contributed by atoms with Crippen LogP contribution in [0.1, 0.15) is 42.1 Å². The Labute approximate surface area is 158 Å². The number of aromatic nitrogens is 2. The molecule has 1 aromatic heterocycles. The van der Waals surface area contributed by atoms with Gasteiger partial charge in [-0.2, -0.15) is 0 Å². The van der Waals surface area contributed by atoms with Crippen LogP contribution in [0.2, 0.25) is 0 Å². The van der Waals surface area contributed by atoms with Crippen molar-refractivity contribution in [1.29, 1.82) is 0 Å². The van der Waals surface area contributed by atoms with Gasteiger partial charge in [0.2, 0.25) is 5.91 Å². The fourth-order valence-electron chi connectivity index (χ4n) is 3.27. The quantitative estimate of drug-likeness (QED) is 0.309. The number of hydrogen-bond acceptors (Lipinski definition) is 7. The third-order valence-corrected chi connectivity index (χ3v) is 5.81. The summed E-state index contributed by atoms with van der Waals surface area (Å²) in [5.41, 5.74) is 4.15. The van der Waals surface area contributed by atoms with Crippen molar-refractivity contribution in [2.75, 3.05) is 5.75 Å². The van der Waals surface area contributed by atoms with Gasteiger partial charge >= 0.3 is 0 Å². The molecule has 1 saturated heterocycles. The van der Waals surface area contributed by atoms with E-state index in [-0.39, 0.29) is 35.3 Å². The maximum Gasteiger partial charge on any atom is 0.220 e. The lowest BCUT2D eigenvalue weighted by Crippen LogP contribution is -2.40. The minimum absolute atomic E-state index is 0.0560. The van der Waals surface area contributed by atoms with E-state index in [4.69, 9.17) is 4.63 Å². The van der Waals surface area contributed by atoms with E-state index < -0.39 is 0 Å². The molecule has 0 bridgehead atoms. The number of fused-ring (bicyclic) bond motifs is 1. The molecule has 2 heterocycles. The Hall–Kier alpha value is -2.46. The molecular formula is C17H18FN5O3S. The largest absolute Gasteiger partial charge is 0.353 e. The lowest BCUT2D eigenvalue weighted by Gasteiger charge is -2.27. The lowest BCUT2D eigenvalue weighted by atomic mass is 9.83. The third-order valence-electron chi connectivity index (χ3n) is 4.70. The number of amides is 1. The molecule has 1 fully saturated rings. The monoisotopic (exact) mass is 391 g/mol. The minimum Gasteiger partial charge on any atom is -0.353 e. The molecule has 8 nitrogen and oxygen atoms in total. The van der Waals surface area contributed by atoms with E-state index in [0.717, 1.165) is 24.0 Å². The Bertz CT molecular complexity index is 887. The Morgan fingerprint density at radius 3 is 3.19 bits per heavy atom. The summed E-state index contributed by atoms with van der Waals surface area (Å²) in [6, 6.07) is 4.40. The molecule has 1 aliphatic carbocycles. The van der Waals surface area contributed by atoms with Gasteiger partial charge in [-0.1, -0.05) is 17.8 Å². The standard InChI is InChI=1S/C17H18FN5O3S/c18-10-5-4-9-6-13(12(9)7-10)20-16(21-25)15-17(23-26-22-15)27-8-11-2-1-3-14(24)19-11/h4-5,7,11,13,25H,1-3,6,8H2,(H,19,24)(H,20,21)/t11?,13-/m0/s1. The molecule has 27 heavy (non-hydrogen) atoms. The maximum atomic E-state index is 13.4. The van der Waals surface area contributed by atoms with Crippen molar-refractivity contribution in [2.45, 2.75) is 42.8 Å². The third kappa shape index (κ3) is 3.81. The number of nitrogens with one attached hydrogen (secondary N) is 2. The first kappa shape index (κ1) is 17.9. The molecule has 1 aliphatic heterocycles. The van der Waals surface area contributed by atoms with E-state index in [2.05, 4.69) is 20.6 Å². The number of carbonyl (C=O) groups excluding carboxylic acids is 1. The molecule has 3 N–H and O–H groups in total. The van der Waals surface area contributed by atoms with Crippen LogP contribution < -0.4 is 10.8 Å². The predicted octanol–water partition coefficient (Wildman–Crippen LogP) is 1.99. The molecule has 142 valence electrons. The summed E-state index contributed by atoms with van der Waals surface area (Å²) < 4.78 is 18.2. The van der Waals surface area contributed by atoms with Crippen LogP contribution >= 0.6 is 11.8 Å². The zero-order valence-electron chi connectivity index (χ0n) is 14.3. The highest BCUT2D eigenvalue weighted by Gasteiger charge is 2.28. The number of thioether (sulfide) groups is 1. The Kier molecular flexibility index (Phi) is 5.08. The van der Waals surface area contributed by atoms with E-state index in [9.17, 15) is 14.4 Å². The van der Waals surface area contributed by atoms with Crippen LogP contribution in [-0.2, 0) is 11.2 Å². The van der Waals surface area contributed by atoms with Crippen LogP contribution in [0.15, 0.2) is 32.8 Å². The van der Waals surface area contributed by atoms with Crippen LogP contribution in [0, 0.1) is 5.82 Å². The van der Waals surface area contributed by atoms with E-state index in [1.807, 2.05) is 5.48 Å². The van der Waals surface area contributed by atoms with Crippen molar-refractivity contribution in [1.82, 2.24) is 21.1 Å². The van der Waals surface area contributed by atoms with Crippen LogP contribution in [0.3, 0.4) is 0 Å². The number of piperidine rings is 1. The SMILES string of the molecule is O=C1CCCC(CSc2nonc2C(=N[C@H]2Cc3ccc(F)cc32)NO)N1. The summed E-state index contributed by atoms with van der Waals surface area (Å²) in [4.78, 5) is 15.9. The first-order valence-corrected chi connectivity index (χ1v) is 9.64. The average Bonchev–Trinajstić information content (AvgIpc) is 3.11. The number of benzene rings is 1. The molecule has 4 rings (SSSR count). The molecule has 10 heteroatoms. The zero-order valence-corrected chi connectivity index (χ0v) is 15.1. The van der Waals surface area contributed by atoms with Crippen LogP contribution in [-0.4, -0.2) is 39.1 Å². The van der Waals surface area contributed by atoms with Gasteiger partial charge in [0.25, 0.3) is 0 Å². The predicted molar refractivity (Wildman–Crippen MR) is 95.1 cm³/mol. The molecule has 2 aliphatic rings. The molecule has 1 unspecified atom stereocenters. The molecular weight excluding hydrogens is 373 g/mol. The summed E-state index contributed by atoms with van der Waals surface area (Å²) >= 11 is 1.37. The second kappa shape index (κ2) is 7.65. The smallest absolute Gasteiger partial charge is 0.220 e. The number of amidine groups is 1. The van der Waals surface area contributed by atoms with E-state index in [1.165, 1.54) is 23.9 Å². The van der Waals surface area contributed by atoms with Gasteiger partial charge in [-0.3, -0.25) is 20.5 Å². The number of rotatable bonds is 5. The summed E-state index contributed by atoms with van der Waals surface area (Å²) in [6.07, 6.45) is 2.99. The Morgan fingerprint density at radius 2 is 2.37 bits per heavy atom. The van der Waals surface area contributed by atoms with Gasteiger partial charge in [0.1, 0.15) is 5.82 Å². The number of carbonyl (C=O) groups is 1. The first-order chi connectivity index (χ1) is 13.1. The molecule has 1 amide bonds. The number of halogens is 1. The first-order valence-electron chi connectivity index (χ1n) is 8.65. The van der Waals surface area contributed by atoms with Crippen molar-refractivity contribution in [3.05, 3.63) is 40.8 Å². The highest BCUT2D eigenvalue weighted by molar-refractivity contribution is 7.99. The Morgan fingerprint density at radius 1 is 1.48 bits per heavy atom. The number of hydrogen-bond donors (Lipinski definition) is 3. The van der Waals surface area contributed by atoms with Gasteiger partial charge in [0, 0.05) is 18.2 Å². The van der Waals surface area contributed by atoms with Gasteiger partial charge < -0.3 is 5.32 Å². The fourth-order valence-corrected chi connectivity index (χ4v) is 4.23. The van der Waals surface area contributed by atoms with Crippen LogP contribution in [0.4, 0.5) is 4.39 Å². The van der Waals surface area contributed by atoms with Gasteiger partial charge in [0.15, 0.2) is 16.6 Å². The van der Waals surface area contributed by atoms with E-state index in [1.54, 1.807) is 6.07 Å².